The summed E-state index contributed by atoms with van der Waals surface area (Å²) < 4.78 is 35.6. The number of hydrogen-bond acceptors (Lipinski definition) is 1. The maximum absolute atomic E-state index is 11.9. The molecule has 0 aliphatic heterocycles. The third-order valence-electron chi connectivity index (χ3n) is 2.43. The van der Waals surface area contributed by atoms with Gasteiger partial charge >= 0.3 is 12.2 Å². The summed E-state index contributed by atoms with van der Waals surface area (Å²) >= 11 is 0. The lowest BCUT2D eigenvalue weighted by atomic mass is 10.1. The van der Waals surface area contributed by atoms with Crippen molar-refractivity contribution in [1.82, 2.24) is 5.32 Å². The molecule has 0 saturated heterocycles. The van der Waals surface area contributed by atoms with E-state index in [0.29, 0.717) is 5.69 Å². The number of urea groups is 1. The van der Waals surface area contributed by atoms with Gasteiger partial charge in [-0.1, -0.05) is 13.0 Å². The first-order valence-corrected chi connectivity index (χ1v) is 5.53. The average Bonchev–Trinajstić information content (AvgIpc) is 2.26. The number of alkyl halides is 3. The standard InChI is InChI=1S/C12H15F3N2O/c1-3-9-4-5-10(6-8(9)2)17-11(18)16-7-12(13,14)15/h4-6H,3,7H2,1-2H3,(H2,16,17,18). The Balaban J connectivity index is 2.57. The van der Waals surface area contributed by atoms with Crippen LogP contribution in [0.5, 0.6) is 0 Å². The van der Waals surface area contributed by atoms with E-state index in [9.17, 15) is 18.0 Å². The van der Waals surface area contributed by atoms with Crippen molar-refractivity contribution >= 4 is 11.7 Å². The van der Waals surface area contributed by atoms with Crippen molar-refractivity contribution in [3.63, 3.8) is 0 Å². The van der Waals surface area contributed by atoms with Gasteiger partial charge in [-0.25, -0.2) is 4.79 Å². The Bertz CT molecular complexity index is 430. The molecule has 100 valence electrons. The molecule has 0 atom stereocenters. The highest BCUT2D eigenvalue weighted by atomic mass is 19.4. The summed E-state index contributed by atoms with van der Waals surface area (Å²) in [6, 6.07) is 4.37. The molecule has 18 heavy (non-hydrogen) atoms. The SMILES string of the molecule is CCc1ccc(NC(=O)NCC(F)(F)F)cc1C. The maximum atomic E-state index is 11.9. The fraction of sp³-hybridized carbons (Fsp3) is 0.417. The fourth-order valence-corrected chi connectivity index (χ4v) is 1.53. The van der Waals surface area contributed by atoms with Crippen molar-refractivity contribution in [3.8, 4) is 0 Å². The third-order valence-corrected chi connectivity index (χ3v) is 2.43. The Morgan fingerprint density at radius 1 is 1.33 bits per heavy atom. The molecule has 6 heteroatoms. The molecular weight excluding hydrogens is 245 g/mol. The van der Waals surface area contributed by atoms with Crippen LogP contribution in [0.1, 0.15) is 18.1 Å². The summed E-state index contributed by atoms with van der Waals surface area (Å²) in [5, 5.41) is 4.10. The van der Waals surface area contributed by atoms with Crippen LogP contribution in [0, 0.1) is 6.92 Å². The van der Waals surface area contributed by atoms with Crippen LogP contribution < -0.4 is 10.6 Å². The highest BCUT2D eigenvalue weighted by Crippen LogP contribution is 2.16. The van der Waals surface area contributed by atoms with Crippen LogP contribution in [0.3, 0.4) is 0 Å². The lowest BCUT2D eigenvalue weighted by molar-refractivity contribution is -0.122. The number of nitrogens with one attached hydrogen (secondary N) is 2. The minimum absolute atomic E-state index is 0.476. The second-order valence-corrected chi connectivity index (χ2v) is 3.92. The summed E-state index contributed by atoms with van der Waals surface area (Å²) in [5.41, 5.74) is 2.60. The Morgan fingerprint density at radius 3 is 2.50 bits per heavy atom. The van der Waals surface area contributed by atoms with Gasteiger partial charge in [-0.15, -0.1) is 0 Å². The van der Waals surface area contributed by atoms with E-state index in [4.69, 9.17) is 0 Å². The zero-order chi connectivity index (χ0) is 13.8. The van der Waals surface area contributed by atoms with E-state index in [1.54, 1.807) is 17.4 Å². The molecule has 0 aromatic heterocycles. The highest BCUT2D eigenvalue weighted by molar-refractivity contribution is 5.89. The minimum atomic E-state index is -4.40. The fourth-order valence-electron chi connectivity index (χ4n) is 1.53. The number of carbonyl (C=O) groups excluding carboxylic acids is 1. The molecule has 0 saturated carbocycles. The van der Waals surface area contributed by atoms with Gasteiger partial charge < -0.3 is 10.6 Å². The van der Waals surface area contributed by atoms with E-state index >= 15 is 0 Å². The van der Waals surface area contributed by atoms with E-state index < -0.39 is 18.8 Å². The van der Waals surface area contributed by atoms with E-state index in [1.807, 2.05) is 19.9 Å². The first-order chi connectivity index (χ1) is 8.31. The molecule has 2 N–H and O–H groups in total. The summed E-state index contributed by atoms with van der Waals surface area (Å²) in [5.74, 6) is 0. The van der Waals surface area contributed by atoms with E-state index in [0.717, 1.165) is 17.5 Å². The van der Waals surface area contributed by atoms with Crippen molar-refractivity contribution in [2.75, 3.05) is 11.9 Å². The molecule has 0 heterocycles. The zero-order valence-electron chi connectivity index (χ0n) is 10.2. The largest absolute Gasteiger partial charge is 0.405 e. The lowest BCUT2D eigenvalue weighted by Crippen LogP contribution is -2.36. The molecule has 3 nitrogen and oxygen atoms in total. The molecule has 0 spiro atoms. The molecule has 0 bridgehead atoms. The number of carbonyl (C=O) groups is 1. The second kappa shape index (κ2) is 5.75. The van der Waals surface area contributed by atoms with Gasteiger partial charge in [-0.2, -0.15) is 13.2 Å². The highest BCUT2D eigenvalue weighted by Gasteiger charge is 2.27. The number of anilines is 1. The first-order valence-electron chi connectivity index (χ1n) is 5.53. The summed E-state index contributed by atoms with van der Waals surface area (Å²) in [6.45, 7) is 2.55. The second-order valence-electron chi connectivity index (χ2n) is 3.92. The van der Waals surface area contributed by atoms with Gasteiger partial charge in [0.25, 0.3) is 0 Å². The van der Waals surface area contributed by atoms with Crippen molar-refractivity contribution < 1.29 is 18.0 Å². The van der Waals surface area contributed by atoms with Gasteiger partial charge in [0.05, 0.1) is 0 Å². The Hall–Kier alpha value is -1.72. The van der Waals surface area contributed by atoms with E-state index in [-0.39, 0.29) is 0 Å². The Kier molecular flexibility index (Phi) is 4.58. The number of aryl methyl sites for hydroxylation is 2. The Labute approximate surface area is 103 Å². The van der Waals surface area contributed by atoms with Gasteiger partial charge in [-0.3, -0.25) is 0 Å². The van der Waals surface area contributed by atoms with Gasteiger partial charge in [0.15, 0.2) is 0 Å². The van der Waals surface area contributed by atoms with E-state index in [2.05, 4.69) is 5.32 Å². The van der Waals surface area contributed by atoms with Crippen LogP contribution in [-0.4, -0.2) is 18.8 Å². The number of amides is 2. The molecule has 0 aliphatic carbocycles. The van der Waals surface area contributed by atoms with E-state index in [1.165, 1.54) is 0 Å². The monoisotopic (exact) mass is 260 g/mol. The Morgan fingerprint density at radius 2 is 2.00 bits per heavy atom. The summed E-state index contributed by atoms with van der Waals surface area (Å²) in [6.07, 6.45) is -3.54. The van der Waals surface area contributed by atoms with Gasteiger partial charge in [0, 0.05) is 5.69 Å². The van der Waals surface area contributed by atoms with Crippen LogP contribution in [0.4, 0.5) is 23.7 Å². The molecule has 2 amide bonds. The van der Waals surface area contributed by atoms with Crippen LogP contribution in [0.15, 0.2) is 18.2 Å². The van der Waals surface area contributed by atoms with Gasteiger partial charge in [-0.05, 0) is 36.6 Å². The predicted molar refractivity (Wildman–Crippen MR) is 63.6 cm³/mol. The van der Waals surface area contributed by atoms with Crippen molar-refractivity contribution in [3.05, 3.63) is 29.3 Å². The summed E-state index contributed by atoms with van der Waals surface area (Å²) in [7, 11) is 0. The maximum Gasteiger partial charge on any atom is 0.405 e. The molecule has 0 unspecified atom stereocenters. The lowest BCUT2D eigenvalue weighted by Gasteiger charge is -2.11. The average molecular weight is 260 g/mol. The predicted octanol–water partition coefficient (Wildman–Crippen LogP) is 3.24. The third kappa shape index (κ3) is 4.65. The first kappa shape index (κ1) is 14.3. The van der Waals surface area contributed by atoms with Crippen LogP contribution in [0.25, 0.3) is 0 Å². The molecule has 0 aliphatic rings. The molecule has 1 rings (SSSR count). The van der Waals surface area contributed by atoms with Crippen molar-refractivity contribution in [1.29, 1.82) is 0 Å². The number of hydrogen-bond donors (Lipinski definition) is 2. The molecular formula is C12H15F3N2O. The molecule has 1 aromatic rings. The minimum Gasteiger partial charge on any atom is -0.329 e. The quantitative estimate of drug-likeness (QED) is 0.860. The number of halogens is 3. The topological polar surface area (TPSA) is 41.1 Å². The van der Waals surface area contributed by atoms with Crippen LogP contribution in [-0.2, 0) is 6.42 Å². The summed E-state index contributed by atoms with van der Waals surface area (Å²) in [4.78, 5) is 11.2. The number of benzene rings is 1. The van der Waals surface area contributed by atoms with Crippen molar-refractivity contribution in [2.24, 2.45) is 0 Å². The molecule has 1 aromatic carbocycles. The molecule has 0 fully saturated rings. The van der Waals surface area contributed by atoms with Crippen LogP contribution in [0.2, 0.25) is 0 Å². The zero-order valence-corrected chi connectivity index (χ0v) is 10.2. The smallest absolute Gasteiger partial charge is 0.329 e. The number of rotatable bonds is 3. The molecule has 0 radical (unpaired) electrons. The van der Waals surface area contributed by atoms with Crippen LogP contribution >= 0.6 is 0 Å². The van der Waals surface area contributed by atoms with Gasteiger partial charge in [0.1, 0.15) is 6.54 Å². The normalized spacial score (nSPS) is 11.2. The van der Waals surface area contributed by atoms with Gasteiger partial charge in [0.2, 0.25) is 0 Å². The van der Waals surface area contributed by atoms with Crippen molar-refractivity contribution in [2.45, 2.75) is 26.4 Å².